The van der Waals surface area contributed by atoms with Crippen LogP contribution in [-0.4, -0.2) is 24.3 Å². The van der Waals surface area contributed by atoms with E-state index in [0.29, 0.717) is 6.61 Å². The molecule has 10 heavy (non-hydrogen) atoms. The lowest BCUT2D eigenvalue weighted by molar-refractivity contribution is -0.135. The molecule has 0 aromatic rings. The van der Waals surface area contributed by atoms with Gasteiger partial charge in [0.25, 0.3) is 0 Å². The Bertz CT molecular complexity index is 104. The van der Waals surface area contributed by atoms with Crippen molar-refractivity contribution in [2.75, 3.05) is 12.4 Å². The van der Waals surface area contributed by atoms with E-state index in [0.717, 1.165) is 5.75 Å². The Labute approximate surface area is 68.3 Å². The van der Waals surface area contributed by atoms with Crippen LogP contribution in [0.4, 0.5) is 0 Å². The zero-order valence-electron chi connectivity index (χ0n) is 5.76. The van der Waals surface area contributed by atoms with Gasteiger partial charge in [0.2, 0.25) is 0 Å². The topological polar surface area (TPSA) is 18.5 Å². The molecule has 1 fully saturated rings. The molecule has 0 bridgehead atoms. The zero-order valence-corrected chi connectivity index (χ0v) is 6.65. The van der Waals surface area contributed by atoms with E-state index < -0.39 is 0 Å². The Hall–Kier alpha value is 0.270. The Morgan fingerprint density at radius 3 is 2.40 bits per heavy atom. The number of hydrogen-bond acceptors (Lipinski definition) is 3. The highest BCUT2D eigenvalue weighted by Gasteiger charge is 2.31. The minimum Gasteiger partial charge on any atom is -0.348 e. The van der Waals surface area contributed by atoms with Gasteiger partial charge < -0.3 is 9.47 Å². The standard InChI is InChI=1S/C6H12O2S.CH4/c1-6(2)7-3-5(4-9)8-6;/h5,9H,3-4H2,1-2H3;1H4/t5-;/m1./s1. The third kappa shape index (κ3) is 2.48. The molecule has 0 N–H and O–H groups in total. The normalized spacial score (nSPS) is 29.7. The van der Waals surface area contributed by atoms with Gasteiger partial charge in [-0.05, 0) is 13.8 Å². The Morgan fingerprint density at radius 1 is 1.60 bits per heavy atom. The molecular formula is C7H16O2S. The third-order valence-corrected chi connectivity index (χ3v) is 1.68. The SMILES string of the molecule is C.CC1(C)OC[C@H](CS)O1. The minimum absolute atomic E-state index is 0. The van der Waals surface area contributed by atoms with Crippen LogP contribution in [0.1, 0.15) is 21.3 Å². The highest BCUT2D eigenvalue weighted by molar-refractivity contribution is 7.80. The van der Waals surface area contributed by atoms with Crippen LogP contribution in [0.5, 0.6) is 0 Å². The van der Waals surface area contributed by atoms with Crippen LogP contribution in [0.2, 0.25) is 0 Å². The fourth-order valence-electron chi connectivity index (χ4n) is 0.853. The first-order valence-electron chi connectivity index (χ1n) is 3.07. The van der Waals surface area contributed by atoms with E-state index in [1.807, 2.05) is 13.8 Å². The Balaban J connectivity index is 0.000000810. The van der Waals surface area contributed by atoms with Crippen LogP contribution in [-0.2, 0) is 9.47 Å². The van der Waals surface area contributed by atoms with E-state index in [2.05, 4.69) is 12.6 Å². The van der Waals surface area contributed by atoms with E-state index in [9.17, 15) is 0 Å². The minimum atomic E-state index is -0.382. The van der Waals surface area contributed by atoms with Gasteiger partial charge in [-0.3, -0.25) is 0 Å². The molecule has 1 atom stereocenters. The first kappa shape index (κ1) is 10.3. The van der Waals surface area contributed by atoms with Gasteiger partial charge in [0.15, 0.2) is 5.79 Å². The fraction of sp³-hybridized carbons (Fsp3) is 1.00. The van der Waals surface area contributed by atoms with Gasteiger partial charge in [-0.1, -0.05) is 7.43 Å². The van der Waals surface area contributed by atoms with Crippen molar-refractivity contribution in [1.29, 1.82) is 0 Å². The van der Waals surface area contributed by atoms with Gasteiger partial charge in [0, 0.05) is 5.75 Å². The molecule has 0 amide bonds. The second kappa shape index (κ2) is 3.60. The molecule has 1 heterocycles. The number of thiol groups is 1. The van der Waals surface area contributed by atoms with Crippen molar-refractivity contribution in [3.8, 4) is 0 Å². The predicted molar refractivity (Wildman–Crippen MR) is 45.5 cm³/mol. The quantitative estimate of drug-likeness (QED) is 0.595. The van der Waals surface area contributed by atoms with E-state index >= 15 is 0 Å². The molecule has 0 radical (unpaired) electrons. The van der Waals surface area contributed by atoms with Crippen LogP contribution < -0.4 is 0 Å². The fourth-order valence-corrected chi connectivity index (χ4v) is 1.03. The average Bonchev–Trinajstić information content (AvgIpc) is 2.10. The third-order valence-electron chi connectivity index (χ3n) is 1.27. The van der Waals surface area contributed by atoms with Crippen LogP contribution in [0, 0.1) is 0 Å². The largest absolute Gasteiger partial charge is 0.348 e. The zero-order chi connectivity index (χ0) is 6.91. The average molecular weight is 164 g/mol. The van der Waals surface area contributed by atoms with Crippen molar-refractivity contribution < 1.29 is 9.47 Å². The molecule has 1 rings (SSSR count). The van der Waals surface area contributed by atoms with Crippen LogP contribution >= 0.6 is 12.6 Å². The van der Waals surface area contributed by atoms with E-state index in [-0.39, 0.29) is 19.3 Å². The van der Waals surface area contributed by atoms with Crippen molar-refractivity contribution in [3.05, 3.63) is 0 Å². The van der Waals surface area contributed by atoms with E-state index in [1.54, 1.807) is 0 Å². The van der Waals surface area contributed by atoms with Gasteiger partial charge in [-0.2, -0.15) is 12.6 Å². The maximum Gasteiger partial charge on any atom is 0.163 e. The van der Waals surface area contributed by atoms with E-state index in [1.165, 1.54) is 0 Å². The summed E-state index contributed by atoms with van der Waals surface area (Å²) in [6.07, 6.45) is 0.184. The summed E-state index contributed by atoms with van der Waals surface area (Å²) in [5.74, 6) is 0.358. The van der Waals surface area contributed by atoms with Gasteiger partial charge in [-0.25, -0.2) is 0 Å². The highest BCUT2D eigenvalue weighted by atomic mass is 32.1. The summed E-state index contributed by atoms with van der Waals surface area (Å²) >= 11 is 4.09. The lowest BCUT2D eigenvalue weighted by Crippen LogP contribution is -2.21. The lowest BCUT2D eigenvalue weighted by Gasteiger charge is -2.15. The number of hydrogen-bond donors (Lipinski definition) is 1. The summed E-state index contributed by atoms with van der Waals surface area (Å²) in [7, 11) is 0. The smallest absolute Gasteiger partial charge is 0.163 e. The maximum absolute atomic E-state index is 5.40. The Morgan fingerprint density at radius 2 is 2.20 bits per heavy atom. The first-order chi connectivity index (χ1) is 4.14. The second-order valence-corrected chi connectivity index (χ2v) is 3.00. The highest BCUT2D eigenvalue weighted by Crippen LogP contribution is 2.22. The van der Waals surface area contributed by atoms with Crippen molar-refractivity contribution in [2.24, 2.45) is 0 Å². The Kier molecular flexibility index (Phi) is 3.70. The van der Waals surface area contributed by atoms with Crippen LogP contribution in [0.15, 0.2) is 0 Å². The molecule has 1 aliphatic rings. The second-order valence-electron chi connectivity index (χ2n) is 2.63. The molecule has 0 aromatic heterocycles. The molecule has 3 heteroatoms. The van der Waals surface area contributed by atoms with Gasteiger partial charge in [0.05, 0.1) is 12.7 Å². The molecule has 1 aliphatic heterocycles. The molecule has 2 nitrogen and oxygen atoms in total. The maximum atomic E-state index is 5.40. The molecule has 0 spiro atoms. The number of rotatable bonds is 1. The first-order valence-corrected chi connectivity index (χ1v) is 3.70. The molecule has 62 valence electrons. The van der Waals surface area contributed by atoms with Crippen molar-refractivity contribution in [2.45, 2.75) is 33.2 Å². The molecule has 0 aromatic carbocycles. The van der Waals surface area contributed by atoms with Crippen molar-refractivity contribution in [1.82, 2.24) is 0 Å². The summed E-state index contributed by atoms with van der Waals surface area (Å²) in [5.41, 5.74) is 0. The molecule has 0 unspecified atom stereocenters. The molecule has 1 saturated heterocycles. The van der Waals surface area contributed by atoms with Crippen molar-refractivity contribution >= 4 is 12.6 Å². The van der Waals surface area contributed by atoms with Gasteiger partial charge in [-0.15, -0.1) is 0 Å². The summed E-state index contributed by atoms with van der Waals surface area (Å²) in [6.45, 7) is 4.50. The summed E-state index contributed by atoms with van der Waals surface area (Å²) in [5, 5.41) is 0. The predicted octanol–water partition coefficient (Wildman–Crippen LogP) is 1.70. The summed E-state index contributed by atoms with van der Waals surface area (Å²) < 4.78 is 10.7. The monoisotopic (exact) mass is 164 g/mol. The molecule has 0 saturated carbocycles. The summed E-state index contributed by atoms with van der Waals surface area (Å²) in [4.78, 5) is 0. The van der Waals surface area contributed by atoms with Crippen LogP contribution in [0.25, 0.3) is 0 Å². The van der Waals surface area contributed by atoms with Crippen LogP contribution in [0.3, 0.4) is 0 Å². The number of ether oxygens (including phenoxy) is 2. The van der Waals surface area contributed by atoms with Gasteiger partial charge in [0.1, 0.15) is 0 Å². The van der Waals surface area contributed by atoms with Crippen molar-refractivity contribution in [3.63, 3.8) is 0 Å². The summed E-state index contributed by atoms with van der Waals surface area (Å²) in [6, 6.07) is 0. The molecule has 0 aliphatic carbocycles. The van der Waals surface area contributed by atoms with Gasteiger partial charge >= 0.3 is 0 Å². The van der Waals surface area contributed by atoms with E-state index in [4.69, 9.17) is 9.47 Å². The lowest BCUT2D eigenvalue weighted by atomic mass is 10.4. The molecular weight excluding hydrogens is 148 g/mol.